The summed E-state index contributed by atoms with van der Waals surface area (Å²) in [5.41, 5.74) is 2.51. The largest absolute Gasteiger partial charge is 0.332 e. The minimum Gasteiger partial charge on any atom is -0.311 e. The van der Waals surface area contributed by atoms with E-state index in [9.17, 15) is 9.59 Å². The summed E-state index contributed by atoms with van der Waals surface area (Å²) in [5.74, 6) is 0.736. The van der Waals surface area contributed by atoms with Crippen LogP contribution in [0.25, 0.3) is 16.9 Å². The second-order valence-electron chi connectivity index (χ2n) is 6.87. The molecule has 7 heteroatoms. The maximum atomic E-state index is 13.1. The van der Waals surface area contributed by atoms with E-state index in [1.165, 1.54) is 9.13 Å². The second kappa shape index (κ2) is 6.20. The zero-order chi connectivity index (χ0) is 18.5. The first kappa shape index (κ1) is 17.5. The average Bonchev–Trinajstić information content (AvgIpc) is 3.09. The highest BCUT2D eigenvalue weighted by atomic mass is 16.2. The van der Waals surface area contributed by atoms with Gasteiger partial charge in [-0.1, -0.05) is 20.3 Å². The Hall–Kier alpha value is -2.31. The first-order chi connectivity index (χ1) is 11.8. The number of aromatic nitrogens is 5. The number of hydrogen-bond acceptors (Lipinski definition) is 3. The maximum Gasteiger partial charge on any atom is 0.332 e. The number of rotatable bonds is 5. The topological polar surface area (TPSA) is 66.2 Å². The number of aryl methyl sites for hydroxylation is 2. The van der Waals surface area contributed by atoms with Crippen molar-refractivity contribution in [2.45, 2.75) is 66.5 Å². The lowest BCUT2D eigenvalue weighted by atomic mass is 10.2. The van der Waals surface area contributed by atoms with Crippen LogP contribution in [0.15, 0.2) is 9.59 Å². The van der Waals surface area contributed by atoms with Gasteiger partial charge >= 0.3 is 5.69 Å². The Morgan fingerprint density at radius 2 is 1.80 bits per heavy atom. The molecule has 0 aliphatic heterocycles. The summed E-state index contributed by atoms with van der Waals surface area (Å²) in [6.45, 7) is 10.8. The van der Waals surface area contributed by atoms with Crippen molar-refractivity contribution in [1.82, 2.24) is 23.1 Å². The molecule has 0 fully saturated rings. The Labute approximate surface area is 146 Å². The van der Waals surface area contributed by atoms with Crippen LogP contribution in [0.1, 0.15) is 57.5 Å². The predicted molar refractivity (Wildman–Crippen MR) is 99.6 cm³/mol. The summed E-state index contributed by atoms with van der Waals surface area (Å²) in [7, 11) is 1.69. The van der Waals surface area contributed by atoms with Crippen LogP contribution in [0, 0.1) is 13.8 Å². The Balaban J connectivity index is 2.49. The molecular weight excluding hydrogens is 318 g/mol. The molecule has 0 amide bonds. The van der Waals surface area contributed by atoms with Gasteiger partial charge in [0.1, 0.15) is 0 Å². The number of hydrogen-bond donors (Lipinski definition) is 0. The van der Waals surface area contributed by atoms with E-state index in [1.54, 1.807) is 7.05 Å². The highest BCUT2D eigenvalue weighted by Gasteiger charge is 2.23. The van der Waals surface area contributed by atoms with Gasteiger partial charge < -0.3 is 4.57 Å². The smallest absolute Gasteiger partial charge is 0.311 e. The third-order valence-electron chi connectivity index (χ3n) is 5.33. The number of unbranched alkanes of at least 4 members (excludes halogenated alkanes) is 1. The van der Waals surface area contributed by atoms with E-state index in [1.807, 2.05) is 18.2 Å². The van der Waals surface area contributed by atoms with E-state index in [0.29, 0.717) is 17.7 Å². The van der Waals surface area contributed by atoms with E-state index < -0.39 is 0 Å². The highest BCUT2D eigenvalue weighted by molar-refractivity contribution is 5.76. The molecule has 0 aliphatic carbocycles. The fourth-order valence-corrected chi connectivity index (χ4v) is 3.50. The zero-order valence-corrected chi connectivity index (χ0v) is 16.0. The van der Waals surface area contributed by atoms with Crippen molar-refractivity contribution < 1.29 is 0 Å². The van der Waals surface area contributed by atoms with E-state index in [-0.39, 0.29) is 17.3 Å². The second-order valence-corrected chi connectivity index (χ2v) is 6.87. The molecule has 1 unspecified atom stereocenters. The molecule has 3 heterocycles. The van der Waals surface area contributed by atoms with Crippen molar-refractivity contribution >= 4 is 16.9 Å². The van der Waals surface area contributed by atoms with Gasteiger partial charge in [-0.2, -0.15) is 4.98 Å². The summed E-state index contributed by atoms with van der Waals surface area (Å²) in [4.78, 5) is 30.4. The molecule has 0 bridgehead atoms. The van der Waals surface area contributed by atoms with Gasteiger partial charge in [0.15, 0.2) is 11.2 Å². The van der Waals surface area contributed by atoms with Crippen LogP contribution >= 0.6 is 0 Å². The molecule has 0 saturated heterocycles. The predicted octanol–water partition coefficient (Wildman–Crippen LogP) is 2.54. The molecule has 3 aromatic rings. The Morgan fingerprint density at radius 1 is 1.12 bits per heavy atom. The Kier molecular flexibility index (Phi) is 4.34. The van der Waals surface area contributed by atoms with Crippen molar-refractivity contribution in [2.24, 2.45) is 7.05 Å². The van der Waals surface area contributed by atoms with Gasteiger partial charge in [-0.25, -0.2) is 4.79 Å². The molecule has 0 N–H and O–H groups in total. The fourth-order valence-electron chi connectivity index (χ4n) is 3.50. The monoisotopic (exact) mass is 345 g/mol. The van der Waals surface area contributed by atoms with Crippen LogP contribution in [0.3, 0.4) is 0 Å². The highest BCUT2D eigenvalue weighted by Crippen LogP contribution is 2.25. The van der Waals surface area contributed by atoms with Crippen molar-refractivity contribution in [2.75, 3.05) is 0 Å². The van der Waals surface area contributed by atoms with E-state index in [4.69, 9.17) is 0 Å². The lowest BCUT2D eigenvalue weighted by Gasteiger charge is -2.13. The molecule has 136 valence electrons. The molecule has 0 spiro atoms. The molecule has 25 heavy (non-hydrogen) atoms. The summed E-state index contributed by atoms with van der Waals surface area (Å²) in [6, 6.07) is 0.271. The van der Waals surface area contributed by atoms with Gasteiger partial charge in [0.05, 0.1) is 0 Å². The molecule has 0 aromatic carbocycles. The quantitative estimate of drug-likeness (QED) is 0.714. The lowest BCUT2D eigenvalue weighted by Crippen LogP contribution is -2.39. The number of fused-ring (bicyclic) bond motifs is 3. The molecule has 0 radical (unpaired) electrons. The molecule has 0 aliphatic rings. The minimum atomic E-state index is -0.295. The molecule has 7 nitrogen and oxygen atoms in total. The molecule has 3 rings (SSSR count). The Morgan fingerprint density at radius 3 is 2.40 bits per heavy atom. The molecule has 3 aromatic heterocycles. The van der Waals surface area contributed by atoms with Crippen molar-refractivity contribution in [3.8, 4) is 0 Å². The van der Waals surface area contributed by atoms with Crippen LogP contribution in [-0.2, 0) is 13.6 Å². The summed E-state index contributed by atoms with van der Waals surface area (Å²) in [5, 5.41) is 0. The standard InChI is InChI=1S/C18H27N5O2/c1-7-9-10-21-16(24)14-15(20(6)18(21)25)19-17-22(11(3)8-2)12(4)13(5)23(14)17/h11H,7-10H2,1-6H3. The van der Waals surface area contributed by atoms with Crippen molar-refractivity contribution in [1.29, 1.82) is 0 Å². The van der Waals surface area contributed by atoms with Gasteiger partial charge in [0.2, 0.25) is 5.78 Å². The van der Waals surface area contributed by atoms with Gasteiger partial charge in [0, 0.05) is 31.0 Å². The van der Waals surface area contributed by atoms with E-state index in [2.05, 4.69) is 30.3 Å². The van der Waals surface area contributed by atoms with Crippen LogP contribution in [0.4, 0.5) is 0 Å². The summed E-state index contributed by atoms with van der Waals surface area (Å²) >= 11 is 0. The van der Waals surface area contributed by atoms with Crippen LogP contribution in [-0.4, -0.2) is 23.1 Å². The first-order valence-corrected chi connectivity index (χ1v) is 9.04. The van der Waals surface area contributed by atoms with Gasteiger partial charge in [-0.05, 0) is 33.6 Å². The van der Waals surface area contributed by atoms with Crippen molar-refractivity contribution in [3.63, 3.8) is 0 Å². The van der Waals surface area contributed by atoms with Gasteiger partial charge in [-0.15, -0.1) is 0 Å². The molecular formula is C18H27N5O2. The minimum absolute atomic E-state index is 0.247. The van der Waals surface area contributed by atoms with Crippen molar-refractivity contribution in [3.05, 3.63) is 32.2 Å². The molecule has 0 saturated carbocycles. The number of imidazole rings is 2. The SMILES string of the molecule is CCCCn1c(=O)c2c(nc3n(C(C)CC)c(C)c(C)n23)n(C)c1=O. The molecule has 1 atom stereocenters. The van der Waals surface area contributed by atoms with Gasteiger partial charge in [-0.3, -0.25) is 18.3 Å². The summed E-state index contributed by atoms with van der Waals surface area (Å²) < 4.78 is 6.92. The van der Waals surface area contributed by atoms with Gasteiger partial charge in [0.25, 0.3) is 5.56 Å². The summed E-state index contributed by atoms with van der Waals surface area (Å²) in [6.07, 6.45) is 2.69. The third-order valence-corrected chi connectivity index (χ3v) is 5.33. The van der Waals surface area contributed by atoms with E-state index >= 15 is 0 Å². The fraction of sp³-hybridized carbons (Fsp3) is 0.611. The van der Waals surface area contributed by atoms with Crippen LogP contribution < -0.4 is 11.2 Å². The lowest BCUT2D eigenvalue weighted by molar-refractivity contribution is 0.532. The number of nitrogens with zero attached hydrogens (tertiary/aromatic N) is 5. The average molecular weight is 345 g/mol. The first-order valence-electron chi connectivity index (χ1n) is 9.04. The zero-order valence-electron chi connectivity index (χ0n) is 16.0. The third kappa shape index (κ3) is 2.36. The maximum absolute atomic E-state index is 13.1. The Bertz CT molecular complexity index is 1060. The van der Waals surface area contributed by atoms with Crippen LogP contribution in [0.2, 0.25) is 0 Å². The van der Waals surface area contributed by atoms with Crippen LogP contribution in [0.5, 0.6) is 0 Å². The van der Waals surface area contributed by atoms with E-state index in [0.717, 1.165) is 36.4 Å². The normalized spacial score (nSPS) is 13.2.